The summed E-state index contributed by atoms with van der Waals surface area (Å²) in [5.41, 5.74) is -1.03. The Morgan fingerprint density at radius 3 is 2.72 bits per heavy atom. The van der Waals surface area contributed by atoms with Crippen LogP contribution in [0.2, 0.25) is 0 Å². The summed E-state index contributed by atoms with van der Waals surface area (Å²) in [6.07, 6.45) is -1.41. The number of anilines is 1. The van der Waals surface area contributed by atoms with Crippen molar-refractivity contribution in [3.63, 3.8) is 0 Å². The first-order valence-corrected chi connectivity index (χ1v) is 5.35. The van der Waals surface area contributed by atoms with Crippen LogP contribution in [0.25, 0.3) is 0 Å². The van der Waals surface area contributed by atoms with E-state index in [9.17, 15) is 13.2 Å². The molecule has 0 atom stereocenters. The van der Waals surface area contributed by atoms with Crippen molar-refractivity contribution in [2.45, 2.75) is 19.0 Å². The van der Waals surface area contributed by atoms with Crippen molar-refractivity contribution in [2.24, 2.45) is 0 Å². The predicted octanol–water partition coefficient (Wildman–Crippen LogP) is 2.88. The van der Waals surface area contributed by atoms with Gasteiger partial charge in [0.1, 0.15) is 0 Å². The van der Waals surface area contributed by atoms with Gasteiger partial charge in [-0.25, -0.2) is 4.98 Å². The van der Waals surface area contributed by atoms with E-state index in [1.54, 1.807) is 6.08 Å². The molecular formula is C11H14F3N3O. The highest BCUT2D eigenvalue weighted by molar-refractivity contribution is 5.31. The fourth-order valence-corrected chi connectivity index (χ4v) is 1.16. The molecule has 0 amide bonds. The molecule has 1 aromatic heterocycles. The highest BCUT2D eigenvalue weighted by atomic mass is 19.4. The molecule has 100 valence electrons. The number of hydrogen-bond donors (Lipinski definition) is 1. The largest absolute Gasteiger partial charge is 0.478 e. The Morgan fingerprint density at radius 2 is 2.17 bits per heavy atom. The number of hydrogen-bond acceptors (Lipinski definition) is 4. The van der Waals surface area contributed by atoms with Crippen molar-refractivity contribution in [3.05, 3.63) is 24.4 Å². The normalized spacial score (nSPS) is 11.1. The quantitative estimate of drug-likeness (QED) is 0.632. The summed E-state index contributed by atoms with van der Waals surface area (Å²) < 4.78 is 42.8. The van der Waals surface area contributed by atoms with Gasteiger partial charge in [-0.3, -0.25) is 0 Å². The number of rotatable bonds is 6. The third kappa shape index (κ3) is 4.23. The second kappa shape index (κ2) is 6.23. The third-order valence-corrected chi connectivity index (χ3v) is 2.02. The van der Waals surface area contributed by atoms with Crippen LogP contribution in [0.4, 0.5) is 19.1 Å². The maximum Gasteiger partial charge on any atom is 0.433 e. The molecule has 0 fully saturated rings. The fourth-order valence-electron chi connectivity index (χ4n) is 1.16. The smallest absolute Gasteiger partial charge is 0.433 e. The van der Waals surface area contributed by atoms with Crippen molar-refractivity contribution in [3.8, 4) is 5.88 Å². The Hall–Kier alpha value is -1.79. The molecule has 18 heavy (non-hydrogen) atoms. The summed E-state index contributed by atoms with van der Waals surface area (Å²) in [4.78, 5) is 7.12. The first-order valence-electron chi connectivity index (χ1n) is 5.35. The van der Waals surface area contributed by atoms with Crippen LogP contribution < -0.4 is 10.1 Å². The molecule has 0 aliphatic carbocycles. The van der Waals surface area contributed by atoms with Crippen LogP contribution in [0.5, 0.6) is 5.88 Å². The lowest BCUT2D eigenvalue weighted by atomic mass is 10.3. The minimum Gasteiger partial charge on any atom is -0.478 e. The second-order valence-electron chi connectivity index (χ2n) is 3.44. The number of nitrogens with one attached hydrogen (secondary N) is 1. The standard InChI is InChI=1S/C11H14F3N3O/c1-3-4-5-6-18-9-7-8(11(12,13)14)16-10(15-2)17-9/h3,7H,1,4-6H2,2H3,(H,15,16,17). The first-order chi connectivity index (χ1) is 8.47. The van der Waals surface area contributed by atoms with Gasteiger partial charge >= 0.3 is 6.18 Å². The van der Waals surface area contributed by atoms with Crippen LogP contribution in [-0.2, 0) is 6.18 Å². The Labute approximate surface area is 103 Å². The maximum absolute atomic E-state index is 12.5. The van der Waals surface area contributed by atoms with Crippen LogP contribution in [0, 0.1) is 0 Å². The Balaban J connectivity index is 2.81. The van der Waals surface area contributed by atoms with E-state index in [0.29, 0.717) is 6.42 Å². The highest BCUT2D eigenvalue weighted by Crippen LogP contribution is 2.30. The zero-order valence-corrected chi connectivity index (χ0v) is 9.92. The molecular weight excluding hydrogens is 247 g/mol. The molecule has 1 aromatic rings. The van der Waals surface area contributed by atoms with Crippen LogP contribution >= 0.6 is 0 Å². The van der Waals surface area contributed by atoms with Gasteiger partial charge in [0, 0.05) is 13.1 Å². The van der Waals surface area contributed by atoms with Crippen LogP contribution in [0.15, 0.2) is 18.7 Å². The van der Waals surface area contributed by atoms with E-state index in [4.69, 9.17) is 4.74 Å². The van der Waals surface area contributed by atoms with Crippen LogP contribution in [-0.4, -0.2) is 23.6 Å². The maximum atomic E-state index is 12.5. The monoisotopic (exact) mass is 261 g/mol. The second-order valence-corrected chi connectivity index (χ2v) is 3.44. The van der Waals surface area contributed by atoms with E-state index in [0.717, 1.165) is 12.5 Å². The molecule has 4 nitrogen and oxygen atoms in total. The van der Waals surface area contributed by atoms with E-state index in [-0.39, 0.29) is 18.4 Å². The lowest BCUT2D eigenvalue weighted by Crippen LogP contribution is -2.12. The highest BCUT2D eigenvalue weighted by Gasteiger charge is 2.33. The summed E-state index contributed by atoms with van der Waals surface area (Å²) >= 11 is 0. The molecule has 0 radical (unpaired) electrons. The van der Waals surface area contributed by atoms with Crippen LogP contribution in [0.3, 0.4) is 0 Å². The molecule has 0 bridgehead atoms. The number of nitrogens with zero attached hydrogens (tertiary/aromatic N) is 2. The van der Waals surface area contributed by atoms with Crippen molar-refractivity contribution in [2.75, 3.05) is 19.0 Å². The zero-order valence-electron chi connectivity index (χ0n) is 9.92. The number of ether oxygens (including phenoxy) is 1. The van der Waals surface area contributed by atoms with E-state index in [2.05, 4.69) is 21.9 Å². The first kappa shape index (κ1) is 14.3. The lowest BCUT2D eigenvalue weighted by Gasteiger charge is -2.10. The molecule has 0 unspecified atom stereocenters. The lowest BCUT2D eigenvalue weighted by molar-refractivity contribution is -0.141. The van der Waals surface area contributed by atoms with Gasteiger partial charge in [0.2, 0.25) is 11.8 Å². The molecule has 1 N–H and O–H groups in total. The van der Waals surface area contributed by atoms with Gasteiger partial charge in [-0.1, -0.05) is 6.08 Å². The summed E-state index contributed by atoms with van der Waals surface area (Å²) in [7, 11) is 1.44. The topological polar surface area (TPSA) is 47.0 Å². The minimum absolute atomic E-state index is 0.0919. The average molecular weight is 261 g/mol. The van der Waals surface area contributed by atoms with Gasteiger partial charge in [-0.15, -0.1) is 6.58 Å². The molecule has 0 aromatic carbocycles. The molecule has 0 spiro atoms. The van der Waals surface area contributed by atoms with E-state index < -0.39 is 11.9 Å². The summed E-state index contributed by atoms with van der Waals surface area (Å²) in [6, 6.07) is 0.786. The third-order valence-electron chi connectivity index (χ3n) is 2.02. The number of unbranched alkanes of at least 4 members (excludes halogenated alkanes) is 1. The summed E-state index contributed by atoms with van der Waals surface area (Å²) in [5, 5.41) is 2.46. The number of alkyl halides is 3. The molecule has 1 heterocycles. The number of aromatic nitrogens is 2. The van der Waals surface area contributed by atoms with Crippen LogP contribution in [0.1, 0.15) is 18.5 Å². The molecule has 0 aliphatic heterocycles. The van der Waals surface area contributed by atoms with Gasteiger partial charge in [0.05, 0.1) is 6.61 Å². The van der Waals surface area contributed by atoms with Gasteiger partial charge in [-0.2, -0.15) is 18.2 Å². The van der Waals surface area contributed by atoms with Gasteiger partial charge in [0.15, 0.2) is 5.69 Å². The van der Waals surface area contributed by atoms with Crippen molar-refractivity contribution in [1.29, 1.82) is 0 Å². The summed E-state index contributed by atoms with van der Waals surface area (Å²) in [6.45, 7) is 3.82. The average Bonchev–Trinajstić information content (AvgIpc) is 2.33. The van der Waals surface area contributed by atoms with Crippen molar-refractivity contribution < 1.29 is 17.9 Å². The Bertz CT molecular complexity index is 407. The molecule has 0 saturated carbocycles. The van der Waals surface area contributed by atoms with E-state index >= 15 is 0 Å². The predicted molar refractivity (Wildman–Crippen MR) is 61.5 cm³/mol. The number of halogens is 3. The molecule has 0 aliphatic rings. The van der Waals surface area contributed by atoms with Gasteiger partial charge in [-0.05, 0) is 12.8 Å². The van der Waals surface area contributed by atoms with E-state index in [1.165, 1.54) is 7.05 Å². The van der Waals surface area contributed by atoms with Gasteiger partial charge < -0.3 is 10.1 Å². The molecule has 0 saturated heterocycles. The zero-order chi connectivity index (χ0) is 13.6. The minimum atomic E-state index is -4.52. The fraction of sp³-hybridized carbons (Fsp3) is 0.455. The molecule has 1 rings (SSSR count). The van der Waals surface area contributed by atoms with Crippen molar-refractivity contribution >= 4 is 5.95 Å². The Kier molecular flexibility index (Phi) is 4.94. The summed E-state index contributed by atoms with van der Waals surface area (Å²) in [5.74, 6) is -0.214. The molecule has 7 heteroatoms. The van der Waals surface area contributed by atoms with Crippen molar-refractivity contribution in [1.82, 2.24) is 9.97 Å². The SMILES string of the molecule is C=CCCCOc1cc(C(F)(F)F)nc(NC)n1. The van der Waals surface area contributed by atoms with E-state index in [1.807, 2.05) is 0 Å². The Morgan fingerprint density at radius 1 is 1.44 bits per heavy atom. The van der Waals surface area contributed by atoms with Gasteiger partial charge in [0.25, 0.3) is 0 Å². The number of allylic oxidation sites excluding steroid dienone is 1.